The van der Waals surface area contributed by atoms with Crippen molar-refractivity contribution in [3.8, 4) is 4.90 Å². The molecule has 1 heterocycles. The standard InChI is InChI=1S/C19H12O2S/c20-19(21)16-11-6-10-15-14-9-4-5-12-17(14)22(18(15)16)13-7-2-1-3-8-13/h1-12H. The minimum atomic E-state index is -1.11. The summed E-state index contributed by atoms with van der Waals surface area (Å²) in [5.41, 5.74) is 0.292. The van der Waals surface area contributed by atoms with Crippen molar-refractivity contribution in [2.45, 2.75) is 0 Å². The fourth-order valence-corrected chi connectivity index (χ4v) is 5.43. The van der Waals surface area contributed by atoms with E-state index in [1.807, 2.05) is 36.4 Å². The molecule has 0 spiro atoms. The van der Waals surface area contributed by atoms with E-state index >= 15 is 0 Å². The van der Waals surface area contributed by atoms with E-state index in [4.69, 9.17) is 0 Å². The lowest BCUT2D eigenvalue weighted by Crippen LogP contribution is -2.22. The number of carboxylic acid groups (broad SMARTS) is 1. The van der Waals surface area contributed by atoms with Crippen LogP contribution in [0, 0.1) is 0 Å². The molecule has 1 unspecified atom stereocenters. The van der Waals surface area contributed by atoms with Gasteiger partial charge in [0.05, 0.1) is 11.5 Å². The molecular weight excluding hydrogens is 292 g/mol. The first-order valence-electron chi connectivity index (χ1n) is 7.00. The number of rotatable bonds is 2. The minimum absolute atomic E-state index is 0.292. The second kappa shape index (κ2) is 4.97. The number of fused-ring (bicyclic) bond motifs is 3. The lowest BCUT2D eigenvalue weighted by Gasteiger charge is -2.01. The molecule has 4 rings (SSSR count). The van der Waals surface area contributed by atoms with Crippen LogP contribution >= 0.6 is 10.5 Å². The Labute approximate surface area is 130 Å². The smallest absolute Gasteiger partial charge is 0.196 e. The van der Waals surface area contributed by atoms with E-state index in [-0.39, 0.29) is 0 Å². The Hall–Kier alpha value is -2.65. The van der Waals surface area contributed by atoms with E-state index in [1.165, 1.54) is 4.70 Å². The molecule has 1 aromatic heterocycles. The molecule has 0 amide bonds. The SMILES string of the molecule is O=C([O-])c1cccc2c3ccccc3[s+](-c3ccccc3)c12. The number of carbonyl (C=O) groups excluding carboxylic acids is 1. The molecule has 4 aromatic rings. The minimum Gasteiger partial charge on any atom is -0.545 e. The average molecular weight is 304 g/mol. The number of hydrogen-bond acceptors (Lipinski definition) is 2. The van der Waals surface area contributed by atoms with Gasteiger partial charge in [0.2, 0.25) is 0 Å². The third-order valence-corrected chi connectivity index (χ3v) is 6.20. The zero-order valence-corrected chi connectivity index (χ0v) is 12.5. The van der Waals surface area contributed by atoms with Crippen LogP contribution in [0.1, 0.15) is 10.4 Å². The molecule has 0 N–H and O–H groups in total. The fourth-order valence-electron chi connectivity index (χ4n) is 2.91. The van der Waals surface area contributed by atoms with Gasteiger partial charge >= 0.3 is 0 Å². The number of thiophene rings is 1. The van der Waals surface area contributed by atoms with Gasteiger partial charge in [-0.15, -0.1) is 0 Å². The Kier molecular flexibility index (Phi) is 2.94. The average Bonchev–Trinajstić information content (AvgIpc) is 2.90. The van der Waals surface area contributed by atoms with E-state index in [1.54, 1.807) is 12.1 Å². The fraction of sp³-hybridized carbons (Fsp3) is 0. The van der Waals surface area contributed by atoms with Crippen molar-refractivity contribution in [2.24, 2.45) is 0 Å². The van der Waals surface area contributed by atoms with Crippen molar-refractivity contribution < 1.29 is 9.90 Å². The molecule has 1 atom stereocenters. The Balaban J connectivity index is 2.27. The van der Waals surface area contributed by atoms with E-state index in [9.17, 15) is 9.90 Å². The van der Waals surface area contributed by atoms with Crippen molar-refractivity contribution in [3.05, 3.63) is 78.4 Å². The van der Waals surface area contributed by atoms with Crippen molar-refractivity contribution in [3.63, 3.8) is 0 Å². The molecule has 0 saturated heterocycles. The summed E-state index contributed by atoms with van der Waals surface area (Å²) >= 11 is 0. The highest BCUT2D eigenvalue weighted by Gasteiger charge is 2.25. The van der Waals surface area contributed by atoms with E-state index in [0.717, 1.165) is 20.4 Å². The van der Waals surface area contributed by atoms with E-state index in [2.05, 4.69) is 24.3 Å². The highest BCUT2D eigenvalue weighted by atomic mass is 32.2. The highest BCUT2D eigenvalue weighted by molar-refractivity contribution is 7.50. The van der Waals surface area contributed by atoms with Gasteiger partial charge in [-0.2, -0.15) is 0 Å². The van der Waals surface area contributed by atoms with Crippen molar-refractivity contribution in [1.29, 1.82) is 0 Å². The molecule has 0 radical (unpaired) electrons. The van der Waals surface area contributed by atoms with Crippen LogP contribution in [0.15, 0.2) is 72.8 Å². The van der Waals surface area contributed by atoms with E-state index in [0.29, 0.717) is 5.56 Å². The molecular formula is C19H12O2S. The summed E-state index contributed by atoms with van der Waals surface area (Å²) in [6.07, 6.45) is 0. The molecule has 3 aromatic carbocycles. The maximum atomic E-state index is 11.6. The third kappa shape index (κ3) is 1.83. The summed E-state index contributed by atoms with van der Waals surface area (Å²) in [4.78, 5) is 12.7. The van der Waals surface area contributed by atoms with Gasteiger partial charge < -0.3 is 9.90 Å². The van der Waals surface area contributed by atoms with Gasteiger partial charge in [-0.05, 0) is 36.4 Å². The summed E-state index contributed by atoms with van der Waals surface area (Å²) in [6, 6.07) is 23.6. The zero-order chi connectivity index (χ0) is 15.1. The molecule has 0 aliphatic heterocycles. The lowest BCUT2D eigenvalue weighted by atomic mass is 10.1. The van der Waals surface area contributed by atoms with Crippen LogP contribution in [-0.4, -0.2) is 5.97 Å². The molecule has 0 aliphatic rings. The number of hydrogen-bond donors (Lipinski definition) is 0. The molecule has 22 heavy (non-hydrogen) atoms. The van der Waals surface area contributed by atoms with E-state index < -0.39 is 16.4 Å². The third-order valence-electron chi connectivity index (χ3n) is 3.82. The molecule has 106 valence electrons. The maximum Gasteiger partial charge on any atom is 0.196 e. The van der Waals surface area contributed by atoms with Crippen LogP contribution in [-0.2, 0) is 0 Å². The zero-order valence-electron chi connectivity index (χ0n) is 11.7. The highest BCUT2D eigenvalue weighted by Crippen LogP contribution is 2.49. The predicted molar refractivity (Wildman–Crippen MR) is 89.6 cm³/mol. The van der Waals surface area contributed by atoms with Gasteiger partial charge in [0.1, 0.15) is 0 Å². The van der Waals surface area contributed by atoms with Crippen LogP contribution < -0.4 is 5.11 Å². The number of aromatic carboxylic acids is 1. The summed E-state index contributed by atoms with van der Waals surface area (Å²) in [5.74, 6) is -1.11. The largest absolute Gasteiger partial charge is 0.545 e. The van der Waals surface area contributed by atoms with Crippen molar-refractivity contribution in [2.75, 3.05) is 0 Å². The Morgan fingerprint density at radius 1 is 0.773 bits per heavy atom. The quantitative estimate of drug-likeness (QED) is 0.523. The van der Waals surface area contributed by atoms with Crippen molar-refractivity contribution >= 4 is 36.6 Å². The first-order chi connectivity index (χ1) is 10.8. The van der Waals surface area contributed by atoms with Crippen LogP contribution in [0.5, 0.6) is 0 Å². The Bertz CT molecular complexity index is 1000. The van der Waals surface area contributed by atoms with Crippen LogP contribution in [0.25, 0.3) is 25.1 Å². The lowest BCUT2D eigenvalue weighted by molar-refractivity contribution is -0.254. The Morgan fingerprint density at radius 3 is 2.23 bits per heavy atom. The molecule has 0 saturated carbocycles. The summed E-state index contributed by atoms with van der Waals surface area (Å²) in [5, 5.41) is 13.7. The van der Waals surface area contributed by atoms with Crippen LogP contribution in [0.2, 0.25) is 0 Å². The first kappa shape index (κ1) is 13.0. The maximum absolute atomic E-state index is 11.6. The molecule has 2 nitrogen and oxygen atoms in total. The van der Waals surface area contributed by atoms with Gasteiger partial charge in [-0.25, -0.2) is 0 Å². The second-order valence-electron chi connectivity index (χ2n) is 5.09. The second-order valence-corrected chi connectivity index (χ2v) is 7.02. The van der Waals surface area contributed by atoms with Gasteiger partial charge in [-0.1, -0.05) is 36.4 Å². The molecule has 0 fully saturated rings. The summed E-state index contributed by atoms with van der Waals surface area (Å²) in [7, 11) is -0.394. The topological polar surface area (TPSA) is 40.1 Å². The van der Waals surface area contributed by atoms with Gasteiger partial charge in [0.15, 0.2) is 14.3 Å². The monoisotopic (exact) mass is 304 g/mol. The number of carboxylic acids is 1. The molecule has 3 heteroatoms. The van der Waals surface area contributed by atoms with Gasteiger partial charge in [0.25, 0.3) is 0 Å². The number of benzene rings is 3. The van der Waals surface area contributed by atoms with Crippen LogP contribution in [0.3, 0.4) is 0 Å². The molecule has 0 aliphatic carbocycles. The summed E-state index contributed by atoms with van der Waals surface area (Å²) in [6.45, 7) is 0. The Morgan fingerprint density at radius 2 is 1.45 bits per heavy atom. The summed E-state index contributed by atoms with van der Waals surface area (Å²) < 4.78 is 2.05. The van der Waals surface area contributed by atoms with Gasteiger partial charge in [0, 0.05) is 21.2 Å². The van der Waals surface area contributed by atoms with Crippen molar-refractivity contribution in [1.82, 2.24) is 0 Å². The number of carbonyl (C=O) groups is 1. The molecule has 0 bridgehead atoms. The first-order valence-corrected chi connectivity index (χ1v) is 8.23. The normalized spacial score (nSPS) is 11.9. The van der Waals surface area contributed by atoms with Crippen LogP contribution in [0.4, 0.5) is 0 Å². The predicted octanol–water partition coefficient (Wildman–Crippen LogP) is 4.09. The van der Waals surface area contributed by atoms with Gasteiger partial charge in [-0.3, -0.25) is 0 Å².